The zero-order valence-electron chi connectivity index (χ0n) is 11.8. The number of carboxylic acid groups (broad SMARTS) is 1. The van der Waals surface area contributed by atoms with Gasteiger partial charge in [-0.1, -0.05) is 13.0 Å². The predicted octanol–water partition coefficient (Wildman–Crippen LogP) is 2.38. The van der Waals surface area contributed by atoms with Gasteiger partial charge in [-0.15, -0.1) is 0 Å². The van der Waals surface area contributed by atoms with Crippen LogP contribution < -0.4 is 4.74 Å². The van der Waals surface area contributed by atoms with Gasteiger partial charge in [0.2, 0.25) is 0 Å². The summed E-state index contributed by atoms with van der Waals surface area (Å²) in [7, 11) is 1.51. The highest BCUT2D eigenvalue weighted by Gasteiger charge is 2.30. The van der Waals surface area contributed by atoms with Crippen molar-refractivity contribution in [1.29, 1.82) is 0 Å². The minimum absolute atomic E-state index is 0.294. The summed E-state index contributed by atoms with van der Waals surface area (Å²) in [4.78, 5) is 13.2. The second kappa shape index (κ2) is 6.22. The molecule has 0 amide bonds. The van der Waals surface area contributed by atoms with E-state index >= 15 is 0 Å². The first-order chi connectivity index (χ1) is 9.51. The number of halogens is 1. The molecule has 1 fully saturated rings. The summed E-state index contributed by atoms with van der Waals surface area (Å²) in [5, 5.41) is 9.17. The fraction of sp³-hybridized carbons (Fsp3) is 0.533. The topological polar surface area (TPSA) is 49.8 Å². The molecule has 0 aliphatic carbocycles. The van der Waals surface area contributed by atoms with Crippen molar-refractivity contribution in [2.24, 2.45) is 11.8 Å². The van der Waals surface area contributed by atoms with Crippen LogP contribution in [0.15, 0.2) is 18.2 Å². The van der Waals surface area contributed by atoms with E-state index in [-0.39, 0.29) is 11.7 Å². The van der Waals surface area contributed by atoms with Gasteiger partial charge >= 0.3 is 5.97 Å². The van der Waals surface area contributed by atoms with Crippen LogP contribution in [0.25, 0.3) is 0 Å². The second-order valence-corrected chi connectivity index (χ2v) is 5.49. The summed E-state index contributed by atoms with van der Waals surface area (Å²) in [5.41, 5.74) is 0.494. The van der Waals surface area contributed by atoms with E-state index in [0.29, 0.717) is 36.7 Å². The van der Waals surface area contributed by atoms with Crippen LogP contribution in [-0.2, 0) is 11.3 Å². The Bertz CT molecular complexity index is 492. The number of piperidine rings is 1. The quantitative estimate of drug-likeness (QED) is 0.920. The van der Waals surface area contributed by atoms with Crippen LogP contribution in [0.2, 0.25) is 0 Å². The van der Waals surface area contributed by atoms with Crippen molar-refractivity contribution in [2.45, 2.75) is 19.9 Å². The molecular formula is C15H20FNO3. The van der Waals surface area contributed by atoms with E-state index in [1.165, 1.54) is 13.2 Å². The van der Waals surface area contributed by atoms with E-state index in [4.69, 9.17) is 9.84 Å². The molecule has 1 saturated heterocycles. The van der Waals surface area contributed by atoms with Gasteiger partial charge in [0.25, 0.3) is 0 Å². The third-order valence-corrected chi connectivity index (χ3v) is 3.76. The van der Waals surface area contributed by atoms with Crippen molar-refractivity contribution < 1.29 is 19.0 Å². The van der Waals surface area contributed by atoms with Gasteiger partial charge in [-0.05, 0) is 24.5 Å². The molecule has 0 saturated carbocycles. The van der Waals surface area contributed by atoms with Crippen molar-refractivity contribution in [3.8, 4) is 5.75 Å². The molecule has 2 unspecified atom stereocenters. The lowest BCUT2D eigenvalue weighted by Gasteiger charge is -2.34. The first kappa shape index (κ1) is 14.8. The van der Waals surface area contributed by atoms with Gasteiger partial charge in [-0.3, -0.25) is 9.69 Å². The number of ether oxygens (including phenoxy) is 1. The van der Waals surface area contributed by atoms with Crippen LogP contribution in [0.4, 0.5) is 4.39 Å². The molecule has 0 bridgehead atoms. The van der Waals surface area contributed by atoms with E-state index in [2.05, 4.69) is 0 Å². The molecule has 0 radical (unpaired) electrons. The fourth-order valence-corrected chi connectivity index (χ4v) is 2.88. The Morgan fingerprint density at radius 2 is 2.25 bits per heavy atom. The lowest BCUT2D eigenvalue weighted by atomic mass is 9.90. The van der Waals surface area contributed by atoms with E-state index in [9.17, 15) is 9.18 Å². The maximum Gasteiger partial charge on any atom is 0.307 e. The maximum atomic E-state index is 13.9. The molecule has 2 atom stereocenters. The summed E-state index contributed by atoms with van der Waals surface area (Å²) in [5.74, 6) is -0.661. The molecule has 5 heteroatoms. The Hall–Kier alpha value is -1.62. The summed E-state index contributed by atoms with van der Waals surface area (Å²) >= 11 is 0. The summed E-state index contributed by atoms with van der Waals surface area (Å²) in [6.45, 7) is 3.64. The number of benzene rings is 1. The number of likely N-dealkylation sites (tertiary alicyclic amines) is 1. The highest BCUT2D eigenvalue weighted by atomic mass is 19.1. The van der Waals surface area contributed by atoms with Crippen LogP contribution in [0, 0.1) is 17.7 Å². The Kier molecular flexibility index (Phi) is 4.60. The van der Waals surface area contributed by atoms with Gasteiger partial charge in [0.1, 0.15) is 11.6 Å². The van der Waals surface area contributed by atoms with Crippen molar-refractivity contribution in [3.05, 3.63) is 29.6 Å². The van der Waals surface area contributed by atoms with Crippen LogP contribution >= 0.6 is 0 Å². The van der Waals surface area contributed by atoms with Crippen molar-refractivity contribution in [2.75, 3.05) is 20.2 Å². The van der Waals surface area contributed by atoms with Crippen LogP contribution in [0.3, 0.4) is 0 Å². The number of rotatable bonds is 4. The lowest BCUT2D eigenvalue weighted by Crippen LogP contribution is -2.42. The van der Waals surface area contributed by atoms with Crippen LogP contribution in [0.5, 0.6) is 5.75 Å². The predicted molar refractivity (Wildman–Crippen MR) is 73.1 cm³/mol. The van der Waals surface area contributed by atoms with Crippen LogP contribution in [-0.4, -0.2) is 36.2 Å². The third-order valence-electron chi connectivity index (χ3n) is 3.76. The summed E-state index contributed by atoms with van der Waals surface area (Å²) in [6.07, 6.45) is 0.681. The van der Waals surface area contributed by atoms with Gasteiger partial charge in [-0.2, -0.15) is 0 Å². The van der Waals surface area contributed by atoms with E-state index in [0.717, 1.165) is 6.54 Å². The minimum atomic E-state index is -0.776. The highest BCUT2D eigenvalue weighted by Crippen LogP contribution is 2.27. The molecule has 1 aliphatic heterocycles. The summed E-state index contributed by atoms with van der Waals surface area (Å²) < 4.78 is 19.1. The van der Waals surface area contributed by atoms with E-state index in [1.807, 2.05) is 11.8 Å². The van der Waals surface area contributed by atoms with Gasteiger partial charge in [0.05, 0.1) is 13.0 Å². The highest BCUT2D eigenvalue weighted by molar-refractivity contribution is 5.70. The van der Waals surface area contributed by atoms with Gasteiger partial charge in [0, 0.05) is 25.2 Å². The van der Waals surface area contributed by atoms with Crippen molar-refractivity contribution in [3.63, 3.8) is 0 Å². The van der Waals surface area contributed by atoms with Gasteiger partial charge < -0.3 is 9.84 Å². The minimum Gasteiger partial charge on any atom is -0.496 e. The Morgan fingerprint density at radius 1 is 1.50 bits per heavy atom. The molecule has 2 rings (SSSR count). The Balaban J connectivity index is 2.15. The average molecular weight is 281 g/mol. The molecular weight excluding hydrogens is 261 g/mol. The van der Waals surface area contributed by atoms with Crippen molar-refractivity contribution in [1.82, 2.24) is 4.90 Å². The number of nitrogens with zero attached hydrogens (tertiary/aromatic N) is 1. The third kappa shape index (κ3) is 3.28. The number of carboxylic acids is 1. The normalized spacial score (nSPS) is 23.6. The average Bonchev–Trinajstić information content (AvgIpc) is 2.40. The molecule has 1 aromatic rings. The zero-order valence-corrected chi connectivity index (χ0v) is 11.8. The molecule has 110 valence electrons. The molecule has 20 heavy (non-hydrogen) atoms. The molecule has 0 aromatic heterocycles. The van der Waals surface area contributed by atoms with Crippen LogP contribution in [0.1, 0.15) is 18.9 Å². The molecule has 0 spiro atoms. The fourth-order valence-electron chi connectivity index (χ4n) is 2.88. The molecule has 4 nitrogen and oxygen atoms in total. The monoisotopic (exact) mass is 281 g/mol. The SMILES string of the molecule is COc1cccc(F)c1CN1CC(C)CC(C(=O)O)C1. The molecule has 1 N–H and O–H groups in total. The first-order valence-corrected chi connectivity index (χ1v) is 6.77. The molecule has 1 aromatic carbocycles. The molecule has 1 heterocycles. The number of methoxy groups -OCH3 is 1. The van der Waals surface area contributed by atoms with Gasteiger partial charge in [-0.25, -0.2) is 4.39 Å². The lowest BCUT2D eigenvalue weighted by molar-refractivity contribution is -0.144. The maximum absolute atomic E-state index is 13.9. The number of aliphatic carboxylic acids is 1. The second-order valence-electron chi connectivity index (χ2n) is 5.49. The van der Waals surface area contributed by atoms with Gasteiger partial charge in [0.15, 0.2) is 0 Å². The molecule has 1 aliphatic rings. The Morgan fingerprint density at radius 3 is 2.90 bits per heavy atom. The Labute approximate surface area is 118 Å². The zero-order chi connectivity index (χ0) is 14.7. The summed E-state index contributed by atoms with van der Waals surface area (Å²) in [6, 6.07) is 4.73. The standard InChI is InChI=1S/C15H20FNO3/c1-10-6-11(15(18)19)8-17(7-10)9-12-13(16)4-3-5-14(12)20-2/h3-5,10-11H,6-9H2,1-2H3,(H,18,19). The van der Waals surface area contributed by atoms with Crippen molar-refractivity contribution >= 4 is 5.97 Å². The number of carbonyl (C=O) groups is 1. The first-order valence-electron chi connectivity index (χ1n) is 6.77. The number of hydrogen-bond donors (Lipinski definition) is 1. The largest absolute Gasteiger partial charge is 0.496 e. The van der Waals surface area contributed by atoms with E-state index < -0.39 is 5.97 Å². The smallest absolute Gasteiger partial charge is 0.307 e. The number of hydrogen-bond acceptors (Lipinski definition) is 3. The van der Waals surface area contributed by atoms with E-state index in [1.54, 1.807) is 12.1 Å².